The molecular formula is C15H23ClN2O2S. The maximum Gasteiger partial charge on any atom is 0.240 e. The van der Waals surface area contributed by atoms with Crippen molar-refractivity contribution in [3.63, 3.8) is 0 Å². The molecule has 0 atom stereocenters. The summed E-state index contributed by atoms with van der Waals surface area (Å²) in [5.74, 6) is 0. The van der Waals surface area contributed by atoms with E-state index >= 15 is 0 Å². The van der Waals surface area contributed by atoms with Gasteiger partial charge in [-0.15, -0.1) is 0 Å². The SMILES string of the molecule is CC1(C)CCC(NS(=O)(=O)c2ccc(CN)c(Cl)c2)CC1. The highest BCUT2D eigenvalue weighted by atomic mass is 35.5. The fourth-order valence-electron chi connectivity index (χ4n) is 2.67. The van der Waals surface area contributed by atoms with Crippen LogP contribution in [-0.2, 0) is 16.6 Å². The van der Waals surface area contributed by atoms with E-state index < -0.39 is 10.0 Å². The first-order chi connectivity index (χ1) is 9.73. The number of hydrogen-bond donors (Lipinski definition) is 2. The van der Waals surface area contributed by atoms with Gasteiger partial charge in [0.2, 0.25) is 10.0 Å². The number of hydrogen-bond acceptors (Lipinski definition) is 3. The van der Waals surface area contributed by atoms with Gasteiger partial charge in [0.25, 0.3) is 0 Å². The Balaban J connectivity index is 2.10. The molecule has 0 radical (unpaired) electrons. The number of nitrogens with one attached hydrogen (secondary N) is 1. The molecule has 2 rings (SSSR count). The molecule has 6 heteroatoms. The monoisotopic (exact) mass is 330 g/mol. The van der Waals surface area contributed by atoms with Gasteiger partial charge in [-0.05, 0) is 48.8 Å². The van der Waals surface area contributed by atoms with E-state index in [9.17, 15) is 8.42 Å². The first-order valence-electron chi connectivity index (χ1n) is 7.24. The van der Waals surface area contributed by atoms with Crippen LogP contribution in [0.4, 0.5) is 0 Å². The third-order valence-electron chi connectivity index (χ3n) is 4.22. The summed E-state index contributed by atoms with van der Waals surface area (Å²) in [6.45, 7) is 4.75. The van der Waals surface area contributed by atoms with Crippen LogP contribution in [0.3, 0.4) is 0 Å². The van der Waals surface area contributed by atoms with Crippen LogP contribution in [0.5, 0.6) is 0 Å². The molecule has 0 aromatic heterocycles. The lowest BCUT2D eigenvalue weighted by Gasteiger charge is -2.34. The van der Waals surface area contributed by atoms with Gasteiger partial charge in [0.05, 0.1) is 4.90 Å². The second-order valence-corrected chi connectivity index (χ2v) is 8.64. The average Bonchev–Trinajstić information content (AvgIpc) is 2.41. The van der Waals surface area contributed by atoms with E-state index in [1.165, 1.54) is 6.07 Å². The predicted molar refractivity (Wildman–Crippen MR) is 85.7 cm³/mol. The Morgan fingerprint density at radius 3 is 2.48 bits per heavy atom. The first-order valence-corrected chi connectivity index (χ1v) is 9.10. The van der Waals surface area contributed by atoms with Crippen LogP contribution in [-0.4, -0.2) is 14.5 Å². The topological polar surface area (TPSA) is 72.2 Å². The molecule has 1 aliphatic rings. The Morgan fingerprint density at radius 2 is 1.95 bits per heavy atom. The van der Waals surface area contributed by atoms with Crippen molar-refractivity contribution in [2.75, 3.05) is 0 Å². The van der Waals surface area contributed by atoms with Crippen molar-refractivity contribution in [2.45, 2.75) is 57.0 Å². The molecule has 0 saturated heterocycles. The zero-order chi connectivity index (χ0) is 15.7. The number of halogens is 1. The summed E-state index contributed by atoms with van der Waals surface area (Å²) in [4.78, 5) is 0.203. The van der Waals surface area contributed by atoms with Crippen molar-refractivity contribution in [3.8, 4) is 0 Å². The molecule has 1 fully saturated rings. The molecule has 1 aliphatic carbocycles. The second kappa shape index (κ2) is 6.24. The van der Waals surface area contributed by atoms with E-state index in [0.29, 0.717) is 17.0 Å². The molecule has 118 valence electrons. The number of rotatable bonds is 4. The molecule has 4 nitrogen and oxygen atoms in total. The van der Waals surface area contributed by atoms with Crippen LogP contribution in [0.25, 0.3) is 0 Å². The fourth-order valence-corrected chi connectivity index (χ4v) is 4.32. The van der Waals surface area contributed by atoms with Crippen LogP contribution in [0.1, 0.15) is 45.1 Å². The largest absolute Gasteiger partial charge is 0.326 e. The highest BCUT2D eigenvalue weighted by Gasteiger charge is 2.29. The minimum Gasteiger partial charge on any atom is -0.326 e. The summed E-state index contributed by atoms with van der Waals surface area (Å²) < 4.78 is 27.6. The van der Waals surface area contributed by atoms with Gasteiger partial charge in [-0.2, -0.15) is 0 Å². The Kier molecular flexibility index (Phi) is 4.98. The van der Waals surface area contributed by atoms with Crippen molar-refractivity contribution >= 4 is 21.6 Å². The molecule has 1 aromatic rings. The van der Waals surface area contributed by atoms with Crippen LogP contribution in [0, 0.1) is 5.41 Å². The molecule has 0 aliphatic heterocycles. The lowest BCUT2D eigenvalue weighted by molar-refractivity contribution is 0.218. The normalized spacial score (nSPS) is 19.6. The van der Waals surface area contributed by atoms with Gasteiger partial charge in [0, 0.05) is 17.6 Å². The Hall–Kier alpha value is -0.620. The zero-order valence-corrected chi connectivity index (χ0v) is 14.1. The maximum absolute atomic E-state index is 12.4. The summed E-state index contributed by atoms with van der Waals surface area (Å²) >= 11 is 6.04. The van der Waals surface area contributed by atoms with Gasteiger partial charge in [-0.25, -0.2) is 13.1 Å². The molecular weight excluding hydrogens is 308 g/mol. The van der Waals surface area contributed by atoms with Gasteiger partial charge in [-0.3, -0.25) is 0 Å². The average molecular weight is 331 g/mol. The molecule has 3 N–H and O–H groups in total. The highest BCUT2D eigenvalue weighted by molar-refractivity contribution is 7.89. The van der Waals surface area contributed by atoms with E-state index in [1.807, 2.05) is 0 Å². The Bertz CT molecular complexity index is 604. The van der Waals surface area contributed by atoms with E-state index in [4.69, 9.17) is 17.3 Å². The van der Waals surface area contributed by atoms with Crippen molar-refractivity contribution in [1.82, 2.24) is 4.72 Å². The van der Waals surface area contributed by atoms with E-state index in [-0.39, 0.29) is 10.9 Å². The quantitative estimate of drug-likeness (QED) is 0.891. The predicted octanol–water partition coefficient (Wildman–Crippen LogP) is 3.05. The van der Waals surface area contributed by atoms with Gasteiger partial charge in [0.1, 0.15) is 0 Å². The van der Waals surface area contributed by atoms with Crippen LogP contribution >= 0.6 is 11.6 Å². The lowest BCUT2D eigenvalue weighted by atomic mass is 9.76. The Labute approximate surface area is 132 Å². The third-order valence-corrected chi connectivity index (χ3v) is 6.09. The Morgan fingerprint density at radius 1 is 1.33 bits per heavy atom. The summed E-state index contributed by atoms with van der Waals surface area (Å²) in [5, 5.41) is 0.394. The summed E-state index contributed by atoms with van der Waals surface area (Å²) in [5.41, 5.74) is 6.59. The third kappa shape index (κ3) is 4.19. The van der Waals surface area contributed by atoms with E-state index in [1.54, 1.807) is 12.1 Å². The standard InChI is InChI=1S/C15H23ClN2O2S/c1-15(2)7-5-12(6-8-15)18-21(19,20)13-4-3-11(10-17)14(16)9-13/h3-4,9,12,18H,5-8,10,17H2,1-2H3. The van der Waals surface area contributed by atoms with Crippen LogP contribution in [0.2, 0.25) is 5.02 Å². The molecule has 0 spiro atoms. The van der Waals surface area contributed by atoms with E-state index in [2.05, 4.69) is 18.6 Å². The van der Waals surface area contributed by atoms with Gasteiger partial charge >= 0.3 is 0 Å². The molecule has 0 heterocycles. The number of benzene rings is 1. The van der Waals surface area contributed by atoms with Gasteiger partial charge in [0.15, 0.2) is 0 Å². The lowest BCUT2D eigenvalue weighted by Crippen LogP contribution is -2.39. The minimum atomic E-state index is -3.52. The first kappa shape index (κ1) is 16.7. The molecule has 0 bridgehead atoms. The number of nitrogens with two attached hydrogens (primary N) is 1. The van der Waals surface area contributed by atoms with Gasteiger partial charge < -0.3 is 5.73 Å². The van der Waals surface area contributed by atoms with Crippen molar-refractivity contribution in [2.24, 2.45) is 11.1 Å². The highest BCUT2D eigenvalue weighted by Crippen LogP contribution is 2.35. The minimum absolute atomic E-state index is 0.0102. The molecule has 0 unspecified atom stereocenters. The molecule has 1 saturated carbocycles. The van der Waals surface area contributed by atoms with Crippen molar-refractivity contribution in [1.29, 1.82) is 0 Å². The van der Waals surface area contributed by atoms with Crippen LogP contribution in [0.15, 0.2) is 23.1 Å². The molecule has 1 aromatic carbocycles. The smallest absolute Gasteiger partial charge is 0.240 e. The summed E-state index contributed by atoms with van der Waals surface area (Å²) in [6.07, 6.45) is 3.82. The van der Waals surface area contributed by atoms with Crippen molar-refractivity contribution in [3.05, 3.63) is 28.8 Å². The number of sulfonamides is 1. The van der Waals surface area contributed by atoms with E-state index in [0.717, 1.165) is 31.2 Å². The summed E-state index contributed by atoms with van der Waals surface area (Å²) in [7, 11) is -3.52. The van der Waals surface area contributed by atoms with Gasteiger partial charge in [-0.1, -0.05) is 31.5 Å². The second-order valence-electron chi connectivity index (χ2n) is 6.52. The zero-order valence-electron chi connectivity index (χ0n) is 12.5. The summed E-state index contributed by atoms with van der Waals surface area (Å²) in [6, 6.07) is 4.71. The fraction of sp³-hybridized carbons (Fsp3) is 0.600. The maximum atomic E-state index is 12.4. The molecule has 0 amide bonds. The van der Waals surface area contributed by atoms with Crippen LogP contribution < -0.4 is 10.5 Å². The van der Waals surface area contributed by atoms with Crippen molar-refractivity contribution < 1.29 is 8.42 Å². The molecule has 21 heavy (non-hydrogen) atoms.